The lowest BCUT2D eigenvalue weighted by Gasteiger charge is -2.07. The van der Waals surface area contributed by atoms with Gasteiger partial charge >= 0.3 is 5.97 Å². The predicted octanol–water partition coefficient (Wildman–Crippen LogP) is 2.13. The van der Waals surface area contributed by atoms with Gasteiger partial charge in [-0.25, -0.2) is 4.68 Å². The summed E-state index contributed by atoms with van der Waals surface area (Å²) in [6, 6.07) is 7.80. The Labute approximate surface area is 123 Å². The largest absolute Gasteiger partial charge is 0.496 e. The molecule has 0 aliphatic carbocycles. The Bertz CT molecular complexity index is 595. The Kier molecular flexibility index (Phi) is 5.31. The van der Waals surface area contributed by atoms with Crippen LogP contribution in [0.15, 0.2) is 30.5 Å². The zero-order valence-electron chi connectivity index (χ0n) is 12.0. The molecule has 2 rings (SSSR count). The summed E-state index contributed by atoms with van der Waals surface area (Å²) in [7, 11) is 1.65. The quantitative estimate of drug-likeness (QED) is 0.753. The molecule has 0 saturated heterocycles. The predicted molar refractivity (Wildman–Crippen MR) is 77.3 cm³/mol. The third-order valence-corrected chi connectivity index (χ3v) is 3.18. The lowest BCUT2D eigenvalue weighted by atomic mass is 10.1. The van der Waals surface area contributed by atoms with Crippen LogP contribution in [0, 0.1) is 0 Å². The molecular formula is C15H19N3O3. The minimum absolute atomic E-state index is 0.204. The summed E-state index contributed by atoms with van der Waals surface area (Å²) in [6.45, 7) is 0.603. The number of methoxy groups -OCH3 is 1. The van der Waals surface area contributed by atoms with Crippen molar-refractivity contribution in [2.75, 3.05) is 7.11 Å². The smallest absolute Gasteiger partial charge is 0.303 e. The molecular weight excluding hydrogens is 270 g/mol. The second-order valence-electron chi connectivity index (χ2n) is 4.82. The number of carbonyl (C=O) groups is 1. The summed E-state index contributed by atoms with van der Waals surface area (Å²) in [5.41, 5.74) is 1.93. The number of rotatable bonds is 8. The van der Waals surface area contributed by atoms with Gasteiger partial charge in [0, 0.05) is 18.2 Å². The van der Waals surface area contributed by atoms with Crippen molar-refractivity contribution in [3.05, 3.63) is 41.7 Å². The first-order valence-electron chi connectivity index (χ1n) is 6.91. The van der Waals surface area contributed by atoms with Crippen LogP contribution in [-0.4, -0.2) is 33.2 Å². The molecule has 6 nitrogen and oxygen atoms in total. The van der Waals surface area contributed by atoms with Crippen LogP contribution in [0.5, 0.6) is 5.75 Å². The van der Waals surface area contributed by atoms with E-state index in [0.717, 1.165) is 29.8 Å². The first-order valence-corrected chi connectivity index (χ1v) is 6.91. The van der Waals surface area contributed by atoms with E-state index in [-0.39, 0.29) is 6.42 Å². The third-order valence-electron chi connectivity index (χ3n) is 3.18. The maximum Gasteiger partial charge on any atom is 0.303 e. The van der Waals surface area contributed by atoms with Crippen LogP contribution in [0.3, 0.4) is 0 Å². The van der Waals surface area contributed by atoms with Gasteiger partial charge in [0.15, 0.2) is 0 Å². The normalized spacial score (nSPS) is 10.5. The number of aromatic nitrogens is 3. The van der Waals surface area contributed by atoms with Gasteiger partial charge in [-0.1, -0.05) is 23.4 Å². The van der Waals surface area contributed by atoms with Gasteiger partial charge in [-0.3, -0.25) is 4.79 Å². The molecule has 0 aliphatic heterocycles. The van der Waals surface area contributed by atoms with Crippen molar-refractivity contribution in [3.63, 3.8) is 0 Å². The number of benzene rings is 1. The number of nitrogens with zero attached hydrogens (tertiary/aromatic N) is 3. The second-order valence-corrected chi connectivity index (χ2v) is 4.82. The van der Waals surface area contributed by atoms with E-state index in [0.29, 0.717) is 13.0 Å². The number of aliphatic carboxylic acids is 1. The molecule has 0 fully saturated rings. The van der Waals surface area contributed by atoms with Crippen molar-refractivity contribution in [1.82, 2.24) is 15.0 Å². The standard InChI is InChI=1S/C15H19N3O3/c1-21-14-8-4-2-6-12(14)10-18-11-13(16-17-18)7-3-5-9-15(19)20/h2,4,6,8,11H,3,5,7,9-10H2,1H3,(H,19,20). The summed E-state index contributed by atoms with van der Waals surface area (Å²) >= 11 is 0. The van der Waals surface area contributed by atoms with Crippen LogP contribution < -0.4 is 4.74 Å². The summed E-state index contributed by atoms with van der Waals surface area (Å²) in [4.78, 5) is 10.4. The Morgan fingerprint density at radius 1 is 1.33 bits per heavy atom. The highest BCUT2D eigenvalue weighted by Gasteiger charge is 2.06. The lowest BCUT2D eigenvalue weighted by molar-refractivity contribution is -0.137. The molecule has 1 aromatic carbocycles. The molecule has 21 heavy (non-hydrogen) atoms. The molecule has 0 spiro atoms. The van der Waals surface area contributed by atoms with Crippen LogP contribution >= 0.6 is 0 Å². The fourth-order valence-corrected chi connectivity index (χ4v) is 2.12. The van der Waals surface area contributed by atoms with Crippen LogP contribution in [0.25, 0.3) is 0 Å². The number of hydrogen-bond acceptors (Lipinski definition) is 4. The number of unbranched alkanes of at least 4 members (excludes halogenated alkanes) is 1. The molecule has 0 unspecified atom stereocenters. The molecule has 112 valence electrons. The molecule has 0 saturated carbocycles. The Balaban J connectivity index is 1.89. The number of ether oxygens (including phenoxy) is 1. The molecule has 6 heteroatoms. The van der Waals surface area contributed by atoms with E-state index >= 15 is 0 Å². The molecule has 0 radical (unpaired) electrons. The van der Waals surface area contributed by atoms with Crippen LogP contribution in [0.4, 0.5) is 0 Å². The SMILES string of the molecule is COc1ccccc1Cn1cc(CCCCC(=O)O)nn1. The maximum absolute atomic E-state index is 10.4. The van der Waals surface area contributed by atoms with Gasteiger partial charge in [0.1, 0.15) is 5.75 Å². The number of carboxylic acids is 1. The molecule has 0 atom stereocenters. The molecule has 2 aromatic rings. The van der Waals surface area contributed by atoms with Crippen LogP contribution in [0.1, 0.15) is 30.5 Å². The van der Waals surface area contributed by atoms with Gasteiger partial charge in [-0.2, -0.15) is 0 Å². The number of hydrogen-bond donors (Lipinski definition) is 1. The van der Waals surface area contributed by atoms with Gasteiger partial charge in [0.05, 0.1) is 19.3 Å². The van der Waals surface area contributed by atoms with E-state index in [1.54, 1.807) is 11.8 Å². The van der Waals surface area contributed by atoms with E-state index in [1.165, 1.54) is 0 Å². The minimum atomic E-state index is -0.755. The second kappa shape index (κ2) is 7.42. The van der Waals surface area contributed by atoms with E-state index in [1.807, 2.05) is 30.5 Å². The van der Waals surface area contributed by atoms with Crippen molar-refractivity contribution in [2.24, 2.45) is 0 Å². The fourth-order valence-electron chi connectivity index (χ4n) is 2.12. The van der Waals surface area contributed by atoms with E-state index in [4.69, 9.17) is 9.84 Å². The highest BCUT2D eigenvalue weighted by atomic mass is 16.5. The van der Waals surface area contributed by atoms with Gasteiger partial charge in [-0.05, 0) is 25.3 Å². The number of carboxylic acid groups (broad SMARTS) is 1. The highest BCUT2D eigenvalue weighted by Crippen LogP contribution is 2.18. The first-order chi connectivity index (χ1) is 10.2. The average molecular weight is 289 g/mol. The minimum Gasteiger partial charge on any atom is -0.496 e. The molecule has 1 aromatic heterocycles. The van der Waals surface area contributed by atoms with E-state index < -0.39 is 5.97 Å². The van der Waals surface area contributed by atoms with Crippen molar-refractivity contribution < 1.29 is 14.6 Å². The highest BCUT2D eigenvalue weighted by molar-refractivity contribution is 5.66. The number of aryl methyl sites for hydroxylation is 1. The van der Waals surface area contributed by atoms with Gasteiger partial charge in [0.25, 0.3) is 0 Å². The average Bonchev–Trinajstić information content (AvgIpc) is 2.91. The Hall–Kier alpha value is -2.37. The van der Waals surface area contributed by atoms with Crippen molar-refractivity contribution in [3.8, 4) is 5.75 Å². The number of para-hydroxylation sites is 1. The third kappa shape index (κ3) is 4.59. The summed E-state index contributed by atoms with van der Waals surface area (Å²) < 4.78 is 7.08. The van der Waals surface area contributed by atoms with Crippen LogP contribution in [-0.2, 0) is 17.8 Å². The van der Waals surface area contributed by atoms with Crippen molar-refractivity contribution >= 4 is 5.97 Å². The molecule has 0 amide bonds. The summed E-state index contributed by atoms with van der Waals surface area (Å²) in [5.74, 6) is 0.0748. The van der Waals surface area contributed by atoms with Gasteiger partial charge in [-0.15, -0.1) is 5.10 Å². The molecule has 0 aliphatic rings. The first kappa shape index (κ1) is 15.0. The Morgan fingerprint density at radius 2 is 2.14 bits per heavy atom. The fraction of sp³-hybridized carbons (Fsp3) is 0.400. The molecule has 1 heterocycles. The van der Waals surface area contributed by atoms with Crippen molar-refractivity contribution in [2.45, 2.75) is 32.2 Å². The topological polar surface area (TPSA) is 77.2 Å². The molecule has 0 bridgehead atoms. The van der Waals surface area contributed by atoms with Crippen molar-refractivity contribution in [1.29, 1.82) is 0 Å². The zero-order valence-corrected chi connectivity index (χ0v) is 12.0. The van der Waals surface area contributed by atoms with Gasteiger partial charge in [0.2, 0.25) is 0 Å². The monoisotopic (exact) mass is 289 g/mol. The Morgan fingerprint density at radius 3 is 2.90 bits per heavy atom. The lowest BCUT2D eigenvalue weighted by Crippen LogP contribution is -2.02. The summed E-state index contributed by atoms with van der Waals surface area (Å²) in [6.07, 6.45) is 4.32. The molecule has 1 N–H and O–H groups in total. The van der Waals surface area contributed by atoms with Crippen LogP contribution in [0.2, 0.25) is 0 Å². The maximum atomic E-state index is 10.4. The summed E-state index contributed by atoms with van der Waals surface area (Å²) in [5, 5.41) is 16.8. The van der Waals surface area contributed by atoms with E-state index in [9.17, 15) is 4.79 Å². The van der Waals surface area contributed by atoms with Gasteiger partial charge < -0.3 is 9.84 Å². The zero-order chi connectivity index (χ0) is 15.1. The van der Waals surface area contributed by atoms with E-state index in [2.05, 4.69) is 10.3 Å².